The topological polar surface area (TPSA) is 58.7 Å². The number of amidine groups is 1. The van der Waals surface area contributed by atoms with Gasteiger partial charge in [0, 0.05) is 0 Å². The van der Waals surface area contributed by atoms with Gasteiger partial charge in [0.2, 0.25) is 0 Å². The molecule has 17 heavy (non-hydrogen) atoms. The van der Waals surface area contributed by atoms with E-state index in [9.17, 15) is 4.79 Å². The van der Waals surface area contributed by atoms with Crippen LogP contribution in [0.25, 0.3) is 0 Å². The molecule has 6 heteroatoms. The third kappa shape index (κ3) is 2.37. The van der Waals surface area contributed by atoms with E-state index in [0.29, 0.717) is 15.9 Å². The van der Waals surface area contributed by atoms with Gasteiger partial charge in [-0.3, -0.25) is 4.79 Å². The lowest BCUT2D eigenvalue weighted by Gasteiger charge is -2.21. The maximum atomic E-state index is 11.6. The van der Waals surface area contributed by atoms with E-state index in [0.717, 1.165) is 5.56 Å². The fourth-order valence-corrected chi connectivity index (χ4v) is 1.99. The van der Waals surface area contributed by atoms with Crippen LogP contribution in [0.2, 0.25) is 10.0 Å². The fraction of sp³-hybridized carbons (Fsp3) is 0.273. The highest BCUT2D eigenvalue weighted by Gasteiger charge is 2.27. The normalized spacial score (nSPS) is 17.2. The summed E-state index contributed by atoms with van der Waals surface area (Å²) in [6, 6.07) is 5.03. The van der Waals surface area contributed by atoms with Gasteiger partial charge in [0.05, 0.1) is 22.5 Å². The number of hydrogen-bond donors (Lipinski definition) is 1. The van der Waals surface area contributed by atoms with Crippen molar-refractivity contribution in [2.24, 2.45) is 10.8 Å². The highest BCUT2D eigenvalue weighted by atomic mass is 35.5. The van der Waals surface area contributed by atoms with Crippen molar-refractivity contribution in [3.05, 3.63) is 33.8 Å². The van der Waals surface area contributed by atoms with E-state index in [-0.39, 0.29) is 18.4 Å². The molecule has 0 spiro atoms. The van der Waals surface area contributed by atoms with Crippen LogP contribution >= 0.6 is 23.2 Å². The average Bonchev–Trinajstić information content (AvgIpc) is 2.61. The molecule has 1 atom stereocenters. The molecule has 0 aromatic heterocycles. The summed E-state index contributed by atoms with van der Waals surface area (Å²) in [4.78, 5) is 11.6. The highest BCUT2D eigenvalue weighted by Crippen LogP contribution is 2.29. The zero-order chi connectivity index (χ0) is 12.6. The third-order valence-corrected chi connectivity index (χ3v) is 3.36. The van der Waals surface area contributed by atoms with Crippen LogP contribution in [0.3, 0.4) is 0 Å². The molecule has 1 aliphatic heterocycles. The molecule has 1 amide bonds. The van der Waals surface area contributed by atoms with Crippen LogP contribution in [0.1, 0.15) is 24.9 Å². The molecule has 0 aliphatic carbocycles. The first-order chi connectivity index (χ1) is 7.99. The Labute approximate surface area is 109 Å². The van der Waals surface area contributed by atoms with Crippen molar-refractivity contribution in [1.29, 1.82) is 0 Å². The third-order valence-electron chi connectivity index (χ3n) is 2.62. The molecule has 0 saturated carbocycles. The van der Waals surface area contributed by atoms with Crippen LogP contribution in [0.4, 0.5) is 0 Å². The summed E-state index contributed by atoms with van der Waals surface area (Å²) in [5.41, 5.74) is 6.39. The lowest BCUT2D eigenvalue weighted by atomic mass is 10.1. The Kier molecular flexibility index (Phi) is 3.26. The summed E-state index contributed by atoms with van der Waals surface area (Å²) >= 11 is 11.8. The van der Waals surface area contributed by atoms with E-state index >= 15 is 0 Å². The Morgan fingerprint density at radius 3 is 2.65 bits per heavy atom. The van der Waals surface area contributed by atoms with Gasteiger partial charge in [-0.2, -0.15) is 5.10 Å². The summed E-state index contributed by atoms with van der Waals surface area (Å²) in [5.74, 6) is 0.225. The summed E-state index contributed by atoms with van der Waals surface area (Å²) < 4.78 is 0. The molecule has 0 saturated heterocycles. The first-order valence-corrected chi connectivity index (χ1v) is 5.84. The molecule has 1 aromatic carbocycles. The van der Waals surface area contributed by atoms with Gasteiger partial charge in [-0.15, -0.1) is 0 Å². The number of nitrogens with zero attached hydrogens (tertiary/aromatic N) is 2. The summed E-state index contributed by atoms with van der Waals surface area (Å²) in [7, 11) is 0. The lowest BCUT2D eigenvalue weighted by Crippen LogP contribution is -2.24. The number of halogens is 2. The van der Waals surface area contributed by atoms with E-state index in [2.05, 4.69) is 5.10 Å². The summed E-state index contributed by atoms with van der Waals surface area (Å²) in [5, 5.41) is 6.31. The van der Waals surface area contributed by atoms with Gasteiger partial charge in [-0.25, -0.2) is 5.01 Å². The standard InChI is InChI=1S/C11H11Cl2N3O/c1-6(16-11(17)5-10(14)15-16)7-2-3-8(12)9(13)4-7/h2-4,6H,5H2,1H3,(H2,14,15)/t6-/m0/s1. The number of hydrogen-bond acceptors (Lipinski definition) is 3. The van der Waals surface area contributed by atoms with E-state index in [4.69, 9.17) is 28.9 Å². The van der Waals surface area contributed by atoms with Crippen molar-refractivity contribution in [3.8, 4) is 0 Å². The summed E-state index contributed by atoms with van der Waals surface area (Å²) in [6.07, 6.45) is 0.172. The van der Waals surface area contributed by atoms with Crippen molar-refractivity contribution in [2.75, 3.05) is 0 Å². The van der Waals surface area contributed by atoms with Crippen molar-refractivity contribution < 1.29 is 4.79 Å². The number of hydrazone groups is 1. The van der Waals surface area contributed by atoms with Gasteiger partial charge >= 0.3 is 0 Å². The zero-order valence-corrected chi connectivity index (χ0v) is 10.7. The van der Waals surface area contributed by atoms with Crippen LogP contribution in [0.5, 0.6) is 0 Å². The highest BCUT2D eigenvalue weighted by molar-refractivity contribution is 6.42. The second-order valence-electron chi connectivity index (χ2n) is 3.86. The number of nitrogens with two attached hydrogens (primary N) is 1. The Balaban J connectivity index is 2.28. The number of rotatable bonds is 2. The molecule has 2 N–H and O–H groups in total. The molecule has 0 radical (unpaired) electrons. The van der Waals surface area contributed by atoms with E-state index < -0.39 is 0 Å². The van der Waals surface area contributed by atoms with E-state index in [1.807, 2.05) is 13.0 Å². The Morgan fingerprint density at radius 1 is 1.41 bits per heavy atom. The molecule has 0 fully saturated rings. The molecular formula is C11H11Cl2N3O. The Bertz CT molecular complexity index is 501. The minimum absolute atomic E-state index is 0.110. The number of benzene rings is 1. The minimum Gasteiger partial charge on any atom is -0.385 e. The molecule has 0 bridgehead atoms. The number of carbonyl (C=O) groups excluding carboxylic acids is 1. The predicted octanol–water partition coefficient (Wildman–Crippen LogP) is 2.56. The van der Waals surface area contributed by atoms with Gasteiger partial charge in [0.25, 0.3) is 5.91 Å². The van der Waals surface area contributed by atoms with E-state index in [1.165, 1.54) is 5.01 Å². The fourth-order valence-electron chi connectivity index (χ4n) is 1.68. The molecule has 0 unspecified atom stereocenters. The van der Waals surface area contributed by atoms with Crippen LogP contribution in [-0.4, -0.2) is 16.8 Å². The summed E-state index contributed by atoms with van der Waals surface area (Å²) in [6.45, 7) is 1.86. The quantitative estimate of drug-likeness (QED) is 0.899. The molecular weight excluding hydrogens is 261 g/mol. The predicted molar refractivity (Wildman–Crippen MR) is 68.0 cm³/mol. The maximum Gasteiger partial charge on any atom is 0.250 e. The van der Waals surface area contributed by atoms with Gasteiger partial charge in [0.1, 0.15) is 5.84 Å². The van der Waals surface area contributed by atoms with Crippen LogP contribution in [-0.2, 0) is 4.79 Å². The van der Waals surface area contributed by atoms with Crippen LogP contribution < -0.4 is 5.73 Å². The minimum atomic E-state index is -0.210. The largest absolute Gasteiger partial charge is 0.385 e. The van der Waals surface area contributed by atoms with Crippen LogP contribution in [0.15, 0.2) is 23.3 Å². The maximum absolute atomic E-state index is 11.6. The van der Waals surface area contributed by atoms with Gasteiger partial charge in [-0.1, -0.05) is 29.3 Å². The first-order valence-electron chi connectivity index (χ1n) is 5.09. The Morgan fingerprint density at radius 2 is 2.12 bits per heavy atom. The zero-order valence-electron chi connectivity index (χ0n) is 9.15. The molecule has 90 valence electrons. The number of carbonyl (C=O) groups is 1. The van der Waals surface area contributed by atoms with Crippen molar-refractivity contribution in [1.82, 2.24) is 5.01 Å². The molecule has 4 nitrogen and oxygen atoms in total. The average molecular weight is 272 g/mol. The molecule has 2 rings (SSSR count). The van der Waals surface area contributed by atoms with Gasteiger partial charge < -0.3 is 5.73 Å². The van der Waals surface area contributed by atoms with Crippen LogP contribution in [0, 0.1) is 0 Å². The van der Waals surface area contributed by atoms with E-state index in [1.54, 1.807) is 12.1 Å². The van der Waals surface area contributed by atoms with Crippen molar-refractivity contribution >= 4 is 34.9 Å². The molecule has 1 heterocycles. The SMILES string of the molecule is C[C@@H](c1ccc(Cl)c(Cl)c1)N1N=C(N)CC1=O. The van der Waals surface area contributed by atoms with Crippen molar-refractivity contribution in [3.63, 3.8) is 0 Å². The van der Waals surface area contributed by atoms with Gasteiger partial charge in [-0.05, 0) is 24.6 Å². The first kappa shape index (κ1) is 12.2. The number of amides is 1. The monoisotopic (exact) mass is 271 g/mol. The molecule has 1 aliphatic rings. The second-order valence-corrected chi connectivity index (χ2v) is 4.67. The van der Waals surface area contributed by atoms with Gasteiger partial charge in [0.15, 0.2) is 0 Å². The Hall–Kier alpha value is -1.26. The smallest absolute Gasteiger partial charge is 0.250 e. The lowest BCUT2D eigenvalue weighted by molar-refractivity contribution is -0.130. The van der Waals surface area contributed by atoms with Crippen molar-refractivity contribution in [2.45, 2.75) is 19.4 Å². The second kappa shape index (κ2) is 4.55. The molecule has 1 aromatic rings.